The van der Waals surface area contributed by atoms with Gasteiger partial charge in [0.2, 0.25) is 0 Å². The lowest BCUT2D eigenvalue weighted by Crippen LogP contribution is -2.25. The zero-order valence-electron chi connectivity index (χ0n) is 15.3. The topological polar surface area (TPSA) is 84.5 Å². The van der Waals surface area contributed by atoms with E-state index in [1.807, 2.05) is 19.9 Å². The van der Waals surface area contributed by atoms with Gasteiger partial charge >= 0.3 is 0 Å². The van der Waals surface area contributed by atoms with Crippen molar-refractivity contribution in [1.82, 2.24) is 5.32 Å². The molecule has 27 heavy (non-hydrogen) atoms. The predicted octanol–water partition coefficient (Wildman–Crippen LogP) is 3.71. The van der Waals surface area contributed by atoms with Crippen molar-refractivity contribution < 1.29 is 17.9 Å². The molecule has 0 spiro atoms. The van der Waals surface area contributed by atoms with E-state index >= 15 is 0 Å². The Morgan fingerprint density at radius 3 is 2.70 bits per heavy atom. The maximum absolute atomic E-state index is 12.7. The van der Waals surface area contributed by atoms with E-state index < -0.39 is 10.0 Å². The Labute approximate surface area is 168 Å². The second-order valence-electron chi connectivity index (χ2n) is 5.92. The zero-order chi connectivity index (χ0) is 19.9. The van der Waals surface area contributed by atoms with Crippen molar-refractivity contribution in [2.75, 3.05) is 24.5 Å². The third-order valence-corrected chi connectivity index (χ3v) is 5.78. The highest BCUT2D eigenvalue weighted by molar-refractivity contribution is 9.10. The first-order valence-corrected chi connectivity index (χ1v) is 10.9. The molecule has 8 heteroatoms. The van der Waals surface area contributed by atoms with Crippen LogP contribution in [0.1, 0.15) is 29.3 Å². The van der Waals surface area contributed by atoms with Crippen molar-refractivity contribution in [3.8, 4) is 0 Å². The van der Waals surface area contributed by atoms with E-state index in [1.54, 1.807) is 24.3 Å². The monoisotopic (exact) mass is 454 g/mol. The van der Waals surface area contributed by atoms with Crippen molar-refractivity contribution in [2.24, 2.45) is 0 Å². The number of amides is 1. The Balaban J connectivity index is 2.11. The van der Waals surface area contributed by atoms with Gasteiger partial charge in [-0.05, 0) is 72.1 Å². The number of carbonyl (C=O) groups excluding carboxylic acids is 1. The molecule has 1 amide bonds. The molecule has 0 saturated carbocycles. The summed E-state index contributed by atoms with van der Waals surface area (Å²) in [6.07, 6.45) is 0.695. The molecule has 0 saturated heterocycles. The van der Waals surface area contributed by atoms with Crippen LogP contribution in [0.2, 0.25) is 0 Å². The average molecular weight is 455 g/mol. The zero-order valence-corrected chi connectivity index (χ0v) is 17.7. The minimum atomic E-state index is -3.82. The molecule has 146 valence electrons. The average Bonchev–Trinajstić information content (AvgIpc) is 2.64. The van der Waals surface area contributed by atoms with Crippen LogP contribution in [0.25, 0.3) is 0 Å². The van der Waals surface area contributed by atoms with Crippen LogP contribution in [0.5, 0.6) is 0 Å². The summed E-state index contributed by atoms with van der Waals surface area (Å²) in [4.78, 5) is 12.3. The Morgan fingerprint density at radius 2 is 1.96 bits per heavy atom. The van der Waals surface area contributed by atoms with Crippen molar-refractivity contribution in [3.63, 3.8) is 0 Å². The number of nitrogens with one attached hydrogen (secondary N) is 2. The largest absolute Gasteiger partial charge is 0.382 e. The molecule has 2 rings (SSSR count). The van der Waals surface area contributed by atoms with Crippen LogP contribution in [0.4, 0.5) is 5.69 Å². The standard InChI is InChI=1S/C19H23BrN2O4S/c1-3-26-11-5-10-21-19(23)15-6-4-7-16(13-15)27(24,25)22-18-12-14(2)8-9-17(18)20/h4,6-9,12-13,22H,3,5,10-11H2,1-2H3,(H,21,23). The van der Waals surface area contributed by atoms with Gasteiger partial charge in [-0.25, -0.2) is 8.42 Å². The summed E-state index contributed by atoms with van der Waals surface area (Å²) < 4.78 is 33.8. The van der Waals surface area contributed by atoms with E-state index in [0.29, 0.717) is 36.3 Å². The van der Waals surface area contributed by atoms with Gasteiger partial charge in [0.25, 0.3) is 15.9 Å². The van der Waals surface area contributed by atoms with Crippen LogP contribution in [-0.2, 0) is 14.8 Å². The molecule has 0 atom stereocenters. The van der Waals surface area contributed by atoms with Gasteiger partial charge in [0, 0.05) is 29.8 Å². The lowest BCUT2D eigenvalue weighted by atomic mass is 10.2. The maximum atomic E-state index is 12.7. The summed E-state index contributed by atoms with van der Waals surface area (Å²) in [5.74, 6) is -0.319. The van der Waals surface area contributed by atoms with Crippen molar-refractivity contribution in [1.29, 1.82) is 0 Å². The normalized spacial score (nSPS) is 11.2. The van der Waals surface area contributed by atoms with Gasteiger partial charge in [-0.2, -0.15) is 0 Å². The molecular formula is C19H23BrN2O4S. The first kappa shape index (κ1) is 21.4. The molecule has 0 aliphatic rings. The van der Waals surface area contributed by atoms with Gasteiger partial charge in [0.05, 0.1) is 10.6 Å². The van der Waals surface area contributed by atoms with E-state index in [2.05, 4.69) is 26.0 Å². The summed E-state index contributed by atoms with van der Waals surface area (Å²) in [7, 11) is -3.82. The fraction of sp³-hybridized carbons (Fsp3) is 0.316. The van der Waals surface area contributed by atoms with Gasteiger partial charge in [-0.15, -0.1) is 0 Å². The van der Waals surface area contributed by atoms with Gasteiger partial charge in [0.1, 0.15) is 0 Å². The molecule has 0 aromatic heterocycles. The number of benzene rings is 2. The van der Waals surface area contributed by atoms with E-state index in [-0.39, 0.29) is 16.4 Å². The van der Waals surface area contributed by atoms with Crippen molar-refractivity contribution >= 4 is 37.5 Å². The molecule has 0 radical (unpaired) electrons. The molecule has 2 aromatic rings. The van der Waals surface area contributed by atoms with E-state index in [9.17, 15) is 13.2 Å². The number of anilines is 1. The lowest BCUT2D eigenvalue weighted by molar-refractivity contribution is 0.0944. The first-order chi connectivity index (χ1) is 12.8. The molecule has 2 aromatic carbocycles. The van der Waals surface area contributed by atoms with Gasteiger partial charge in [-0.3, -0.25) is 9.52 Å². The van der Waals surface area contributed by atoms with Crippen LogP contribution in [-0.4, -0.2) is 34.1 Å². The smallest absolute Gasteiger partial charge is 0.261 e. The summed E-state index contributed by atoms with van der Waals surface area (Å²) in [6.45, 7) is 5.46. The third kappa shape index (κ3) is 6.34. The van der Waals surface area contributed by atoms with Gasteiger partial charge in [0.15, 0.2) is 0 Å². The minimum Gasteiger partial charge on any atom is -0.382 e. The molecule has 0 unspecified atom stereocenters. The fourth-order valence-electron chi connectivity index (χ4n) is 2.35. The lowest BCUT2D eigenvalue weighted by Gasteiger charge is -2.12. The van der Waals surface area contributed by atoms with E-state index in [0.717, 1.165) is 5.56 Å². The van der Waals surface area contributed by atoms with Gasteiger partial charge < -0.3 is 10.1 Å². The second-order valence-corrected chi connectivity index (χ2v) is 8.46. The number of hydrogen-bond donors (Lipinski definition) is 2. The Morgan fingerprint density at radius 1 is 1.19 bits per heavy atom. The minimum absolute atomic E-state index is 0.0258. The Hall–Kier alpha value is -1.90. The number of ether oxygens (including phenoxy) is 1. The van der Waals surface area contributed by atoms with Crippen LogP contribution in [0.3, 0.4) is 0 Å². The van der Waals surface area contributed by atoms with E-state index in [4.69, 9.17) is 4.74 Å². The van der Waals surface area contributed by atoms with Crippen molar-refractivity contribution in [3.05, 3.63) is 58.1 Å². The number of hydrogen-bond acceptors (Lipinski definition) is 4. The van der Waals surface area contributed by atoms with E-state index in [1.165, 1.54) is 12.1 Å². The summed E-state index contributed by atoms with van der Waals surface area (Å²) in [5, 5.41) is 2.76. The molecule has 0 aliphatic carbocycles. The highest BCUT2D eigenvalue weighted by Gasteiger charge is 2.17. The summed E-state index contributed by atoms with van der Waals surface area (Å²) in [5.41, 5.74) is 1.66. The summed E-state index contributed by atoms with van der Waals surface area (Å²) in [6, 6.07) is 11.3. The molecule has 2 N–H and O–H groups in total. The van der Waals surface area contributed by atoms with Crippen molar-refractivity contribution in [2.45, 2.75) is 25.2 Å². The van der Waals surface area contributed by atoms with Crippen LogP contribution >= 0.6 is 15.9 Å². The molecule has 0 aliphatic heterocycles. The first-order valence-electron chi connectivity index (χ1n) is 8.58. The fourth-order valence-corrected chi connectivity index (χ4v) is 3.94. The number of aryl methyl sites for hydroxylation is 1. The van der Waals surface area contributed by atoms with Crippen LogP contribution in [0, 0.1) is 6.92 Å². The molecule has 0 bridgehead atoms. The van der Waals surface area contributed by atoms with Gasteiger partial charge in [-0.1, -0.05) is 12.1 Å². The van der Waals surface area contributed by atoms with Crippen LogP contribution in [0.15, 0.2) is 51.8 Å². The molecule has 6 nitrogen and oxygen atoms in total. The second kappa shape index (κ2) is 9.87. The summed E-state index contributed by atoms with van der Waals surface area (Å²) >= 11 is 3.34. The molecular weight excluding hydrogens is 432 g/mol. The van der Waals surface area contributed by atoms with Crippen LogP contribution < -0.4 is 10.0 Å². The predicted molar refractivity (Wildman–Crippen MR) is 110 cm³/mol. The number of sulfonamides is 1. The number of halogens is 1. The molecule has 0 heterocycles. The third-order valence-electron chi connectivity index (χ3n) is 3.73. The number of rotatable bonds is 9. The number of carbonyl (C=O) groups is 1. The quantitative estimate of drug-likeness (QED) is 0.565. The Bertz CT molecular complexity index is 900. The highest BCUT2D eigenvalue weighted by atomic mass is 79.9. The molecule has 0 fully saturated rings. The highest BCUT2D eigenvalue weighted by Crippen LogP contribution is 2.26. The SMILES string of the molecule is CCOCCCNC(=O)c1cccc(S(=O)(=O)Nc2cc(C)ccc2Br)c1. The maximum Gasteiger partial charge on any atom is 0.261 e. The Kier molecular flexibility index (Phi) is 7.82.